The summed E-state index contributed by atoms with van der Waals surface area (Å²) in [6.07, 6.45) is 3.94. The van der Waals surface area contributed by atoms with Crippen LogP contribution in [0.1, 0.15) is 39.2 Å². The Kier molecular flexibility index (Phi) is 7.47. The summed E-state index contributed by atoms with van der Waals surface area (Å²) in [6.45, 7) is 7.62. The monoisotopic (exact) mass is 479 g/mol. The molecule has 4 aromatic rings. The molecule has 0 aliphatic heterocycles. The number of hydrogen-bond donors (Lipinski definition) is 0. The number of thiazole rings is 1. The molecule has 0 bridgehead atoms. The van der Waals surface area contributed by atoms with Crippen LogP contribution in [0.3, 0.4) is 0 Å². The van der Waals surface area contributed by atoms with Crippen molar-refractivity contribution in [1.29, 1.82) is 0 Å². The molecule has 2 aromatic heterocycles. The topological polar surface area (TPSA) is 75.0 Å². The number of aromatic nitrogens is 3. The van der Waals surface area contributed by atoms with Gasteiger partial charge in [0, 0.05) is 5.56 Å². The molecule has 0 amide bonds. The van der Waals surface area contributed by atoms with E-state index in [0.717, 1.165) is 29.7 Å². The molecular weight excluding hydrogens is 450 g/mol. The Morgan fingerprint density at radius 3 is 2.56 bits per heavy atom. The molecule has 0 aliphatic carbocycles. The average Bonchev–Trinajstić information content (AvgIpc) is 3.38. The number of benzene rings is 2. The maximum absolute atomic E-state index is 12.9. The van der Waals surface area contributed by atoms with Gasteiger partial charge in [-0.1, -0.05) is 44.6 Å². The van der Waals surface area contributed by atoms with Gasteiger partial charge in [0.1, 0.15) is 5.75 Å². The van der Waals surface area contributed by atoms with Gasteiger partial charge in [-0.2, -0.15) is 9.50 Å². The number of nitrogens with zero attached hydrogens (tertiary/aromatic N) is 3. The Balaban J connectivity index is 1.57. The van der Waals surface area contributed by atoms with Gasteiger partial charge in [-0.3, -0.25) is 4.79 Å². The zero-order valence-electron chi connectivity index (χ0n) is 19.9. The number of fused-ring (bicyclic) bond motifs is 1. The predicted octanol–water partition coefficient (Wildman–Crippen LogP) is 4.59. The SMILES string of the molecule is CCCCOc1ccc(-c2nc3sc(=Cc4ccc(OCC(C)C)c(OC)c4)c(=O)n3n2)cc1. The Morgan fingerprint density at radius 2 is 1.88 bits per heavy atom. The molecule has 0 unspecified atom stereocenters. The van der Waals surface area contributed by atoms with Crippen LogP contribution in [0.4, 0.5) is 0 Å². The van der Waals surface area contributed by atoms with E-state index in [-0.39, 0.29) is 5.56 Å². The van der Waals surface area contributed by atoms with E-state index in [1.165, 1.54) is 15.9 Å². The fourth-order valence-corrected chi connectivity index (χ4v) is 4.20. The molecule has 34 heavy (non-hydrogen) atoms. The Morgan fingerprint density at radius 1 is 1.09 bits per heavy atom. The number of rotatable bonds is 10. The molecule has 0 atom stereocenters. The minimum absolute atomic E-state index is 0.197. The number of hydrogen-bond acceptors (Lipinski definition) is 7. The lowest BCUT2D eigenvalue weighted by atomic mass is 10.2. The van der Waals surface area contributed by atoms with Crippen LogP contribution in [-0.4, -0.2) is 34.9 Å². The highest BCUT2D eigenvalue weighted by Crippen LogP contribution is 2.29. The van der Waals surface area contributed by atoms with E-state index in [1.807, 2.05) is 48.5 Å². The average molecular weight is 480 g/mol. The van der Waals surface area contributed by atoms with Crippen molar-refractivity contribution in [3.05, 3.63) is 62.9 Å². The highest BCUT2D eigenvalue weighted by molar-refractivity contribution is 7.15. The van der Waals surface area contributed by atoms with Crippen LogP contribution >= 0.6 is 11.3 Å². The summed E-state index contributed by atoms with van der Waals surface area (Å²) in [7, 11) is 1.61. The summed E-state index contributed by atoms with van der Waals surface area (Å²) in [5.74, 6) is 3.06. The lowest BCUT2D eigenvalue weighted by Crippen LogP contribution is -2.23. The highest BCUT2D eigenvalue weighted by Gasteiger charge is 2.13. The third-order valence-corrected chi connectivity index (χ3v) is 6.08. The van der Waals surface area contributed by atoms with Gasteiger partial charge in [-0.15, -0.1) is 5.10 Å². The van der Waals surface area contributed by atoms with Crippen LogP contribution in [0, 0.1) is 5.92 Å². The lowest BCUT2D eigenvalue weighted by Gasteiger charge is -2.12. The van der Waals surface area contributed by atoms with Gasteiger partial charge in [0.2, 0.25) is 4.96 Å². The fourth-order valence-electron chi connectivity index (χ4n) is 3.29. The summed E-state index contributed by atoms with van der Waals surface area (Å²) in [4.78, 5) is 18.1. The van der Waals surface area contributed by atoms with Crippen LogP contribution in [0.25, 0.3) is 22.4 Å². The molecule has 8 heteroatoms. The van der Waals surface area contributed by atoms with E-state index in [2.05, 4.69) is 30.9 Å². The smallest absolute Gasteiger partial charge is 0.291 e. The van der Waals surface area contributed by atoms with Gasteiger partial charge in [0.05, 0.1) is 24.9 Å². The maximum atomic E-state index is 12.9. The Hall–Kier alpha value is -3.39. The first-order chi connectivity index (χ1) is 16.5. The van der Waals surface area contributed by atoms with E-state index in [1.54, 1.807) is 7.11 Å². The van der Waals surface area contributed by atoms with E-state index < -0.39 is 0 Å². The zero-order chi connectivity index (χ0) is 24.1. The minimum Gasteiger partial charge on any atom is -0.494 e. The zero-order valence-corrected chi connectivity index (χ0v) is 20.7. The third kappa shape index (κ3) is 5.39. The summed E-state index contributed by atoms with van der Waals surface area (Å²) in [5.41, 5.74) is 1.48. The predicted molar refractivity (Wildman–Crippen MR) is 135 cm³/mol. The second-order valence-corrected chi connectivity index (χ2v) is 9.40. The highest BCUT2D eigenvalue weighted by atomic mass is 32.1. The molecule has 4 rings (SSSR count). The van der Waals surface area contributed by atoms with Crippen LogP contribution in [0.5, 0.6) is 17.2 Å². The first kappa shape index (κ1) is 23.8. The van der Waals surface area contributed by atoms with Crippen molar-refractivity contribution in [1.82, 2.24) is 14.6 Å². The van der Waals surface area contributed by atoms with Crippen molar-refractivity contribution in [2.45, 2.75) is 33.6 Å². The minimum atomic E-state index is -0.197. The van der Waals surface area contributed by atoms with E-state index in [9.17, 15) is 4.79 Å². The van der Waals surface area contributed by atoms with Gasteiger partial charge in [-0.05, 0) is 60.4 Å². The number of unbranched alkanes of at least 4 members (excludes halogenated alkanes) is 1. The fraction of sp³-hybridized carbons (Fsp3) is 0.346. The summed E-state index contributed by atoms with van der Waals surface area (Å²) >= 11 is 1.31. The van der Waals surface area contributed by atoms with Gasteiger partial charge >= 0.3 is 0 Å². The summed E-state index contributed by atoms with van der Waals surface area (Å²) < 4.78 is 18.9. The first-order valence-corrected chi connectivity index (χ1v) is 12.3. The molecule has 0 saturated heterocycles. The Labute approximate surface area is 202 Å². The lowest BCUT2D eigenvalue weighted by molar-refractivity contribution is 0.257. The second-order valence-electron chi connectivity index (χ2n) is 8.39. The molecule has 2 aromatic carbocycles. The van der Waals surface area contributed by atoms with Gasteiger partial charge in [0.15, 0.2) is 17.3 Å². The number of methoxy groups -OCH3 is 1. The Bertz CT molecular complexity index is 1360. The van der Waals surface area contributed by atoms with E-state index in [0.29, 0.717) is 45.9 Å². The first-order valence-electron chi connectivity index (χ1n) is 11.4. The molecule has 0 radical (unpaired) electrons. The summed E-state index contributed by atoms with van der Waals surface area (Å²) in [6, 6.07) is 13.3. The molecule has 0 saturated carbocycles. The second kappa shape index (κ2) is 10.7. The van der Waals surface area contributed by atoms with Gasteiger partial charge in [0.25, 0.3) is 5.56 Å². The largest absolute Gasteiger partial charge is 0.494 e. The normalized spacial score (nSPS) is 12.0. The molecule has 0 fully saturated rings. The van der Waals surface area contributed by atoms with Gasteiger partial charge in [-0.25, -0.2) is 0 Å². The quantitative estimate of drug-likeness (QED) is 0.310. The molecule has 0 aliphatic rings. The molecule has 2 heterocycles. The van der Waals surface area contributed by atoms with Crippen LogP contribution in [0.15, 0.2) is 47.3 Å². The van der Waals surface area contributed by atoms with Crippen molar-refractivity contribution < 1.29 is 14.2 Å². The van der Waals surface area contributed by atoms with Crippen molar-refractivity contribution in [2.75, 3.05) is 20.3 Å². The van der Waals surface area contributed by atoms with Crippen LogP contribution in [0.2, 0.25) is 0 Å². The van der Waals surface area contributed by atoms with Crippen LogP contribution < -0.4 is 24.3 Å². The van der Waals surface area contributed by atoms with Crippen molar-refractivity contribution in [2.24, 2.45) is 5.92 Å². The molecule has 0 N–H and O–H groups in total. The third-order valence-electron chi connectivity index (χ3n) is 5.12. The molecule has 7 nitrogen and oxygen atoms in total. The molecule has 178 valence electrons. The standard InChI is InChI=1S/C26H29N3O4S/c1-5-6-13-32-20-10-8-19(9-11-20)24-27-26-29(28-24)25(30)23(34-26)15-18-7-12-21(22(14-18)31-4)33-16-17(2)3/h7-12,14-15,17H,5-6,13,16H2,1-4H3. The maximum Gasteiger partial charge on any atom is 0.291 e. The van der Waals surface area contributed by atoms with Crippen molar-refractivity contribution in [3.8, 4) is 28.6 Å². The van der Waals surface area contributed by atoms with Gasteiger partial charge < -0.3 is 14.2 Å². The van der Waals surface area contributed by atoms with Crippen LogP contribution in [-0.2, 0) is 0 Å². The number of ether oxygens (including phenoxy) is 3. The van der Waals surface area contributed by atoms with Crippen molar-refractivity contribution >= 4 is 22.4 Å². The molecule has 0 spiro atoms. The summed E-state index contributed by atoms with van der Waals surface area (Å²) in [5, 5.41) is 4.44. The van der Waals surface area contributed by atoms with Crippen molar-refractivity contribution in [3.63, 3.8) is 0 Å². The molecular formula is C26H29N3O4S. The van der Waals surface area contributed by atoms with E-state index in [4.69, 9.17) is 14.2 Å². The van der Waals surface area contributed by atoms with E-state index >= 15 is 0 Å².